The first-order valence-corrected chi connectivity index (χ1v) is 10.8. The van der Waals surface area contributed by atoms with E-state index >= 15 is 0 Å². The average Bonchev–Trinajstić information content (AvgIpc) is 2.95. The van der Waals surface area contributed by atoms with Crippen LogP contribution in [-0.4, -0.2) is 11.7 Å². The Bertz CT molecular complexity index is 1190. The molecule has 2 aliphatic rings. The Labute approximate surface area is 186 Å². The van der Waals surface area contributed by atoms with Gasteiger partial charge in [0.15, 0.2) is 5.78 Å². The maximum atomic E-state index is 13.9. The average molecular weight is 429 g/mol. The van der Waals surface area contributed by atoms with E-state index in [1.165, 1.54) is 0 Å². The van der Waals surface area contributed by atoms with E-state index in [9.17, 15) is 9.59 Å². The van der Waals surface area contributed by atoms with Gasteiger partial charge in [-0.05, 0) is 54.8 Å². The van der Waals surface area contributed by atoms with Gasteiger partial charge in [-0.1, -0.05) is 54.1 Å². The topological polar surface area (TPSA) is 49.4 Å². The zero-order chi connectivity index (χ0) is 21.4. The van der Waals surface area contributed by atoms with Crippen LogP contribution >= 0.6 is 11.6 Å². The second kappa shape index (κ2) is 8.05. The highest BCUT2D eigenvalue weighted by Crippen LogP contribution is 2.45. The van der Waals surface area contributed by atoms with Crippen LogP contribution in [0.3, 0.4) is 0 Å². The summed E-state index contributed by atoms with van der Waals surface area (Å²) in [7, 11) is 0. The standard InChI is InChI=1S/C26H21ClN2O2/c27-19-15-13-18(14-16-19)26(31)29-22-11-5-4-9-20(22)28-21-10-6-12-23(30)24(21)25(29)17-7-2-1-3-8-17/h1-5,7-9,11,13-16,25,28H,6,10,12H2/t25-/m1/s1. The molecule has 0 fully saturated rings. The van der Waals surface area contributed by atoms with Crippen molar-refractivity contribution in [3.8, 4) is 0 Å². The number of nitrogens with one attached hydrogen (secondary N) is 1. The highest BCUT2D eigenvalue weighted by Gasteiger charge is 2.39. The molecule has 0 spiro atoms. The van der Waals surface area contributed by atoms with Crippen molar-refractivity contribution in [3.63, 3.8) is 0 Å². The van der Waals surface area contributed by atoms with Gasteiger partial charge in [0.2, 0.25) is 0 Å². The van der Waals surface area contributed by atoms with Gasteiger partial charge in [-0.2, -0.15) is 0 Å². The summed E-state index contributed by atoms with van der Waals surface area (Å²) in [5, 5.41) is 4.05. The summed E-state index contributed by atoms with van der Waals surface area (Å²) in [6.45, 7) is 0. The zero-order valence-electron chi connectivity index (χ0n) is 16.8. The fourth-order valence-corrected chi connectivity index (χ4v) is 4.57. The third-order valence-electron chi connectivity index (χ3n) is 5.86. The molecule has 1 N–H and O–H groups in total. The van der Waals surface area contributed by atoms with Crippen LogP contribution in [0.25, 0.3) is 0 Å². The molecule has 5 rings (SSSR count). The van der Waals surface area contributed by atoms with Gasteiger partial charge in [-0.15, -0.1) is 0 Å². The van der Waals surface area contributed by atoms with Gasteiger partial charge in [-0.3, -0.25) is 14.5 Å². The van der Waals surface area contributed by atoms with Crippen LogP contribution in [0.4, 0.5) is 11.4 Å². The fraction of sp³-hybridized carbons (Fsp3) is 0.154. The molecule has 5 heteroatoms. The van der Waals surface area contributed by atoms with Crippen LogP contribution < -0.4 is 10.2 Å². The molecule has 4 nitrogen and oxygen atoms in total. The summed E-state index contributed by atoms with van der Waals surface area (Å²) in [5.74, 6) is -0.0868. The lowest BCUT2D eigenvalue weighted by Gasteiger charge is -2.34. The van der Waals surface area contributed by atoms with E-state index < -0.39 is 6.04 Å². The minimum Gasteiger partial charge on any atom is -0.357 e. The lowest BCUT2D eigenvalue weighted by molar-refractivity contribution is -0.116. The fourth-order valence-electron chi connectivity index (χ4n) is 4.44. The van der Waals surface area contributed by atoms with Crippen LogP contribution in [0.2, 0.25) is 5.02 Å². The molecule has 1 atom stereocenters. The predicted octanol–water partition coefficient (Wildman–Crippen LogP) is 6.16. The number of fused-ring (bicyclic) bond motifs is 1. The number of para-hydroxylation sites is 2. The summed E-state index contributed by atoms with van der Waals surface area (Å²) in [4.78, 5) is 28.9. The van der Waals surface area contributed by atoms with Crippen molar-refractivity contribution >= 4 is 34.7 Å². The number of benzene rings is 3. The second-order valence-corrected chi connectivity index (χ2v) is 8.24. The maximum Gasteiger partial charge on any atom is 0.259 e. The number of halogens is 1. The van der Waals surface area contributed by atoms with Crippen molar-refractivity contribution in [1.82, 2.24) is 0 Å². The predicted molar refractivity (Wildman–Crippen MR) is 123 cm³/mol. The Balaban J connectivity index is 1.77. The molecule has 0 bridgehead atoms. The van der Waals surface area contributed by atoms with Crippen LogP contribution in [0, 0.1) is 0 Å². The number of rotatable bonds is 2. The first kappa shape index (κ1) is 19.6. The van der Waals surface area contributed by atoms with E-state index in [1.54, 1.807) is 29.2 Å². The van der Waals surface area contributed by atoms with Gasteiger partial charge in [0.05, 0.1) is 17.4 Å². The smallest absolute Gasteiger partial charge is 0.259 e. The van der Waals surface area contributed by atoms with Crippen molar-refractivity contribution in [2.45, 2.75) is 25.3 Å². The molecule has 3 aromatic rings. The molecule has 154 valence electrons. The number of carbonyl (C=O) groups excluding carboxylic acids is 2. The van der Waals surface area contributed by atoms with Gasteiger partial charge in [-0.25, -0.2) is 0 Å². The number of hydrogen-bond acceptors (Lipinski definition) is 3. The zero-order valence-corrected chi connectivity index (χ0v) is 17.6. The summed E-state index contributed by atoms with van der Waals surface area (Å²) < 4.78 is 0. The van der Waals surface area contributed by atoms with Crippen molar-refractivity contribution in [3.05, 3.63) is 106 Å². The number of amides is 1. The van der Waals surface area contributed by atoms with Gasteiger partial charge >= 0.3 is 0 Å². The summed E-state index contributed by atoms with van der Waals surface area (Å²) >= 11 is 6.06. The number of nitrogens with zero attached hydrogens (tertiary/aromatic N) is 1. The molecule has 0 aromatic heterocycles. The van der Waals surface area contributed by atoms with E-state index in [2.05, 4.69) is 5.32 Å². The molecule has 3 aromatic carbocycles. The SMILES string of the molecule is O=C1CCCC2=C1[C@@H](c1ccccc1)N(C(=O)c1ccc(Cl)cc1)c1ccccc1N2. The minimum absolute atomic E-state index is 0.0873. The number of carbonyl (C=O) groups is 2. The Hall–Kier alpha value is -3.37. The molecule has 0 unspecified atom stereocenters. The van der Waals surface area contributed by atoms with Crippen LogP contribution in [0.5, 0.6) is 0 Å². The molecular formula is C26H21ClN2O2. The molecule has 0 saturated heterocycles. The minimum atomic E-state index is -0.511. The van der Waals surface area contributed by atoms with Crippen LogP contribution in [0.1, 0.15) is 41.2 Å². The van der Waals surface area contributed by atoms with E-state index in [-0.39, 0.29) is 11.7 Å². The van der Waals surface area contributed by atoms with Crippen LogP contribution in [-0.2, 0) is 4.79 Å². The monoisotopic (exact) mass is 428 g/mol. The van der Waals surface area contributed by atoms with Crippen molar-refractivity contribution in [1.29, 1.82) is 0 Å². The highest BCUT2D eigenvalue weighted by atomic mass is 35.5. The van der Waals surface area contributed by atoms with Crippen molar-refractivity contribution in [2.24, 2.45) is 0 Å². The largest absolute Gasteiger partial charge is 0.357 e. The lowest BCUT2D eigenvalue weighted by atomic mass is 9.85. The van der Waals surface area contributed by atoms with Crippen molar-refractivity contribution < 1.29 is 9.59 Å². The molecule has 0 saturated carbocycles. The molecule has 1 amide bonds. The third kappa shape index (κ3) is 3.53. The third-order valence-corrected chi connectivity index (χ3v) is 6.11. The first-order chi connectivity index (χ1) is 15.1. The molecule has 31 heavy (non-hydrogen) atoms. The number of hydrogen-bond donors (Lipinski definition) is 1. The summed E-state index contributed by atoms with van der Waals surface area (Å²) in [6, 6.07) is 23.9. The van der Waals surface area contributed by atoms with E-state index in [0.29, 0.717) is 22.6 Å². The quantitative estimate of drug-likeness (QED) is 0.531. The van der Waals surface area contributed by atoms with Gasteiger partial charge in [0.1, 0.15) is 0 Å². The summed E-state index contributed by atoms with van der Waals surface area (Å²) in [5.41, 5.74) is 4.59. The Morgan fingerprint density at radius 1 is 0.903 bits per heavy atom. The molecular weight excluding hydrogens is 408 g/mol. The van der Waals surface area contributed by atoms with Gasteiger partial charge in [0.25, 0.3) is 5.91 Å². The Morgan fingerprint density at radius 2 is 1.61 bits per heavy atom. The molecule has 1 aliphatic carbocycles. The molecule has 1 aliphatic heterocycles. The van der Waals surface area contributed by atoms with E-state index in [0.717, 1.165) is 35.5 Å². The van der Waals surface area contributed by atoms with Gasteiger partial charge < -0.3 is 5.32 Å². The first-order valence-electron chi connectivity index (χ1n) is 10.4. The lowest BCUT2D eigenvalue weighted by Crippen LogP contribution is -2.38. The van der Waals surface area contributed by atoms with Crippen LogP contribution in [0.15, 0.2) is 90.1 Å². The Morgan fingerprint density at radius 3 is 2.39 bits per heavy atom. The Kier molecular flexibility index (Phi) is 5.08. The van der Waals surface area contributed by atoms with E-state index in [1.807, 2.05) is 54.6 Å². The van der Waals surface area contributed by atoms with Crippen molar-refractivity contribution in [2.75, 3.05) is 10.2 Å². The summed E-state index contributed by atoms with van der Waals surface area (Å²) in [6.07, 6.45) is 2.07. The highest BCUT2D eigenvalue weighted by molar-refractivity contribution is 6.30. The normalized spacial score (nSPS) is 18.0. The maximum absolute atomic E-state index is 13.9. The number of ketones is 1. The number of anilines is 2. The molecule has 0 radical (unpaired) electrons. The molecule has 1 heterocycles. The number of allylic oxidation sites excluding steroid dienone is 1. The number of Topliss-reactive ketones (excluding diaryl/α,β-unsaturated/α-hetero) is 1. The van der Waals surface area contributed by atoms with E-state index in [4.69, 9.17) is 11.6 Å². The van der Waals surface area contributed by atoms with Gasteiger partial charge in [0, 0.05) is 28.3 Å². The second-order valence-electron chi connectivity index (χ2n) is 7.81.